The maximum Gasteiger partial charge on any atom is 0.392 e. The summed E-state index contributed by atoms with van der Waals surface area (Å²) in [6.45, 7) is -3.76. The number of thiol groups is 1. The Morgan fingerprint density at radius 3 is 2.62 bits per heavy atom. The number of aliphatic hydroxyl groups excluding tert-OH is 5. The molecule has 1 fully saturated rings. The van der Waals surface area contributed by atoms with Crippen molar-refractivity contribution in [3.05, 3.63) is 12.7 Å². The summed E-state index contributed by atoms with van der Waals surface area (Å²) in [5.74, 6) is -0.803. The summed E-state index contributed by atoms with van der Waals surface area (Å²) >= 11 is 3.82. The minimum atomic E-state index is -4.20. The number of imidazole rings is 1. The Hall–Kier alpha value is -1.08. The van der Waals surface area contributed by atoms with E-state index < -0.39 is 71.0 Å². The van der Waals surface area contributed by atoms with Crippen LogP contribution in [0.15, 0.2) is 12.7 Å². The van der Waals surface area contributed by atoms with Gasteiger partial charge in [0.1, 0.15) is 30.3 Å². The zero-order chi connectivity index (χ0) is 28.9. The third-order valence-corrected chi connectivity index (χ3v) is 9.37. The van der Waals surface area contributed by atoms with Crippen LogP contribution in [0, 0.1) is 5.92 Å². The number of hydrogen-bond acceptors (Lipinski definition) is 16. The van der Waals surface area contributed by atoms with Gasteiger partial charge in [0, 0.05) is 13.0 Å². The molecule has 2 aromatic heterocycles. The van der Waals surface area contributed by atoms with Crippen molar-refractivity contribution in [2.45, 2.75) is 62.8 Å². The summed E-state index contributed by atoms with van der Waals surface area (Å²) in [4.78, 5) is 22.4. The Morgan fingerprint density at radius 2 is 1.95 bits per heavy atom. The number of fused-ring (bicyclic) bond motifs is 1. The Bertz CT molecular complexity index is 1120. The van der Waals surface area contributed by atoms with Crippen LogP contribution < -0.4 is 5.73 Å². The zero-order valence-electron chi connectivity index (χ0n) is 20.9. The summed E-state index contributed by atoms with van der Waals surface area (Å²) in [6.07, 6.45) is -5.72. The lowest BCUT2D eigenvalue weighted by atomic mass is 9.92. The molecule has 3 heterocycles. The fourth-order valence-corrected chi connectivity index (χ4v) is 6.36. The van der Waals surface area contributed by atoms with Gasteiger partial charge in [-0.1, -0.05) is 19.2 Å². The van der Waals surface area contributed by atoms with E-state index in [1.54, 1.807) is 4.57 Å². The number of aromatic nitrogens is 4. The van der Waals surface area contributed by atoms with Crippen molar-refractivity contribution in [1.82, 2.24) is 19.5 Å². The fourth-order valence-electron chi connectivity index (χ4n) is 3.80. The molecule has 0 bridgehead atoms. The van der Waals surface area contributed by atoms with Crippen LogP contribution in [0.25, 0.3) is 11.2 Å². The topological polar surface area (TPSA) is 254 Å². The van der Waals surface area contributed by atoms with Gasteiger partial charge in [-0.2, -0.15) is 0 Å². The molecule has 0 amide bonds. The van der Waals surface area contributed by atoms with Crippen LogP contribution in [-0.4, -0.2) is 107 Å². The highest BCUT2D eigenvalue weighted by Gasteiger charge is 2.39. The van der Waals surface area contributed by atoms with E-state index in [9.17, 15) is 29.9 Å². The number of nitrogen functional groups attached to an aromatic ring is 1. The normalized spacial score (nSPS) is 25.1. The molecule has 10 unspecified atom stereocenters. The first-order valence-electron chi connectivity index (χ1n) is 11.7. The minimum Gasteiger partial charge on any atom is -0.394 e. The summed E-state index contributed by atoms with van der Waals surface area (Å²) in [6, 6.07) is 0. The maximum absolute atomic E-state index is 12.6. The molecule has 2 aromatic rings. The largest absolute Gasteiger partial charge is 0.394 e. The van der Waals surface area contributed by atoms with Gasteiger partial charge in [0.05, 0.1) is 37.9 Å². The number of nitrogens with two attached hydrogens (primary N) is 1. The molecular weight excluding hydrogens is 584 g/mol. The molecule has 1 saturated heterocycles. The molecule has 0 radical (unpaired) electrons. The molecular formula is C19H33N5O12P2S. The highest BCUT2D eigenvalue weighted by Crippen LogP contribution is 2.62. The molecule has 1 aliphatic heterocycles. The summed E-state index contributed by atoms with van der Waals surface area (Å²) in [5.41, 5.74) is 6.74. The summed E-state index contributed by atoms with van der Waals surface area (Å²) < 4.78 is 40.2. The minimum absolute atomic E-state index is 0.212. The van der Waals surface area contributed by atoms with Crippen molar-refractivity contribution in [3.8, 4) is 0 Å². The lowest BCUT2D eigenvalue weighted by Crippen LogP contribution is -2.50. The van der Waals surface area contributed by atoms with Gasteiger partial charge in [0.25, 0.3) is 0 Å². The van der Waals surface area contributed by atoms with Gasteiger partial charge in [-0.3, -0.25) is 13.6 Å². The number of ether oxygens (including phenoxy) is 2. The van der Waals surface area contributed by atoms with E-state index >= 15 is 0 Å². The number of aliphatic hydroxyl groups is 5. The van der Waals surface area contributed by atoms with Crippen LogP contribution in [0.2, 0.25) is 0 Å². The molecule has 0 spiro atoms. The molecule has 20 heteroatoms. The van der Waals surface area contributed by atoms with Gasteiger partial charge in [-0.25, -0.2) is 23.8 Å². The molecule has 1 aliphatic rings. The molecule has 17 nitrogen and oxygen atoms in total. The summed E-state index contributed by atoms with van der Waals surface area (Å²) in [5, 5.41) is 49.3. The molecule has 8 N–H and O–H groups in total. The molecule has 10 atom stereocenters. The molecule has 0 aliphatic carbocycles. The van der Waals surface area contributed by atoms with Crippen LogP contribution in [0.3, 0.4) is 0 Å². The van der Waals surface area contributed by atoms with Crippen molar-refractivity contribution >= 4 is 44.6 Å². The smallest absolute Gasteiger partial charge is 0.392 e. The fraction of sp³-hybridized carbons (Fsp3) is 0.737. The lowest BCUT2D eigenvalue weighted by molar-refractivity contribution is -0.190. The number of methoxy groups -OCH3 is 1. The Morgan fingerprint density at radius 1 is 1.23 bits per heavy atom. The van der Waals surface area contributed by atoms with Gasteiger partial charge >= 0.3 is 15.4 Å². The molecule has 3 rings (SSSR count). The van der Waals surface area contributed by atoms with Crippen LogP contribution >= 0.6 is 27.6 Å². The number of nitrogens with zero attached hydrogens (tertiary/aromatic N) is 4. The first-order valence-corrected chi connectivity index (χ1v) is 15.5. The van der Waals surface area contributed by atoms with Crippen LogP contribution in [0.4, 0.5) is 5.82 Å². The second-order valence-electron chi connectivity index (χ2n) is 8.75. The van der Waals surface area contributed by atoms with Gasteiger partial charge in [-0.05, 0) is 12.8 Å². The third-order valence-electron chi connectivity index (χ3n) is 6.12. The van der Waals surface area contributed by atoms with Crippen LogP contribution in [0.1, 0.15) is 26.0 Å². The Kier molecular flexibility index (Phi) is 11.8. The third kappa shape index (κ3) is 8.24. The van der Waals surface area contributed by atoms with Crippen molar-refractivity contribution in [2.24, 2.45) is 5.92 Å². The predicted octanol–water partition coefficient (Wildman–Crippen LogP) is -0.563. The molecule has 222 valence electrons. The highest BCUT2D eigenvalue weighted by atomic mass is 32.7. The molecule has 0 saturated carbocycles. The average Bonchev–Trinajstić information content (AvgIpc) is 3.56. The van der Waals surface area contributed by atoms with Crippen LogP contribution in [0.5, 0.6) is 0 Å². The SMILES string of the molecule is COC(OP(O)OP(=O)(S)OCC1CCC(n2cnc3c(N)ncnc32)O1)C(O)C(O)C(O)C(C)C(O)CO. The predicted molar refractivity (Wildman–Crippen MR) is 138 cm³/mol. The highest BCUT2D eigenvalue weighted by molar-refractivity contribution is 8.45. The van der Waals surface area contributed by atoms with E-state index in [1.807, 2.05) is 0 Å². The quantitative estimate of drug-likeness (QED) is 0.0708. The van der Waals surface area contributed by atoms with Gasteiger partial charge in [-0.15, -0.1) is 0 Å². The second-order valence-corrected chi connectivity index (χ2v) is 12.8. The maximum atomic E-state index is 12.6. The average molecular weight is 618 g/mol. The van der Waals surface area contributed by atoms with E-state index in [-0.39, 0.29) is 12.4 Å². The van der Waals surface area contributed by atoms with Gasteiger partial charge in [0.15, 0.2) is 17.8 Å². The van der Waals surface area contributed by atoms with Gasteiger partial charge < -0.3 is 45.6 Å². The lowest BCUT2D eigenvalue weighted by Gasteiger charge is -2.32. The summed E-state index contributed by atoms with van der Waals surface area (Å²) in [7, 11) is -1.95. The first kappa shape index (κ1) is 32.4. The zero-order valence-corrected chi connectivity index (χ0v) is 23.6. The van der Waals surface area contributed by atoms with E-state index in [4.69, 9.17) is 33.7 Å². The van der Waals surface area contributed by atoms with E-state index in [0.29, 0.717) is 24.0 Å². The van der Waals surface area contributed by atoms with Crippen molar-refractivity contribution in [2.75, 3.05) is 26.1 Å². The molecule has 39 heavy (non-hydrogen) atoms. The van der Waals surface area contributed by atoms with Crippen molar-refractivity contribution in [3.63, 3.8) is 0 Å². The van der Waals surface area contributed by atoms with Gasteiger partial charge in [0.2, 0.25) is 0 Å². The second kappa shape index (κ2) is 14.2. The standard InChI is InChI=1S/C19H33N5O12P2S/c1-9(11(26)5-25)14(27)15(28)16(29)19(32-2)35-37(30)36-38(31,39)33-6-10-3-4-12(34-10)24-8-23-13-17(20)21-7-22-18(13)24/h7-12,14-16,19,25-30H,3-6H2,1-2H3,(H,31,39)(H2,20,21,22). The first-order chi connectivity index (χ1) is 18.4. The van der Waals surface area contributed by atoms with Crippen molar-refractivity contribution < 1.29 is 57.8 Å². The van der Waals surface area contributed by atoms with E-state index in [2.05, 4.69) is 27.2 Å². The number of anilines is 1. The van der Waals surface area contributed by atoms with E-state index in [0.717, 1.165) is 7.11 Å². The Balaban J connectivity index is 1.49. The number of hydrogen-bond donors (Lipinski definition) is 8. The monoisotopic (exact) mass is 617 g/mol. The van der Waals surface area contributed by atoms with Crippen LogP contribution in [-0.2, 0) is 27.4 Å². The Labute approximate surface area is 229 Å². The molecule has 0 aromatic carbocycles. The van der Waals surface area contributed by atoms with E-state index in [1.165, 1.54) is 19.6 Å². The number of rotatable bonds is 15. The van der Waals surface area contributed by atoms with Crippen molar-refractivity contribution in [1.29, 1.82) is 0 Å².